The van der Waals surface area contributed by atoms with E-state index < -0.39 is 5.97 Å². The Balaban J connectivity index is 1.94. The van der Waals surface area contributed by atoms with Crippen molar-refractivity contribution in [2.45, 2.75) is 6.92 Å². The highest BCUT2D eigenvalue weighted by molar-refractivity contribution is 5.90. The van der Waals surface area contributed by atoms with Gasteiger partial charge in [-0.3, -0.25) is 0 Å². The highest BCUT2D eigenvalue weighted by Crippen LogP contribution is 2.23. The summed E-state index contributed by atoms with van der Waals surface area (Å²) in [5, 5.41) is 16.2. The van der Waals surface area contributed by atoms with E-state index in [0.29, 0.717) is 5.95 Å². The quantitative estimate of drug-likeness (QED) is 0.668. The van der Waals surface area contributed by atoms with Crippen molar-refractivity contribution in [3.05, 3.63) is 54.1 Å². The van der Waals surface area contributed by atoms with Gasteiger partial charge in [-0.15, -0.1) is 0 Å². The number of fused-ring (bicyclic) bond motifs is 1. The fourth-order valence-electron chi connectivity index (χ4n) is 2.26. The monoisotopic (exact) mass is 308 g/mol. The number of carboxylic acid groups (broad SMARTS) is 1. The van der Waals surface area contributed by atoms with Crippen LogP contribution in [-0.4, -0.2) is 27.6 Å². The topological polar surface area (TPSA) is 87.1 Å². The SMILES string of the molecule is CCNc1nc(Nc2ccc(C(=O)O)cc2)nc2ccccc12. The van der Waals surface area contributed by atoms with Crippen LogP contribution < -0.4 is 10.6 Å². The number of aromatic nitrogens is 2. The fraction of sp³-hybridized carbons (Fsp3) is 0.118. The number of carbonyl (C=O) groups is 1. The Bertz CT molecular complexity index is 847. The van der Waals surface area contributed by atoms with Crippen molar-refractivity contribution in [3.63, 3.8) is 0 Å². The van der Waals surface area contributed by atoms with Gasteiger partial charge in [-0.05, 0) is 43.3 Å². The van der Waals surface area contributed by atoms with Crippen LogP contribution in [0, 0.1) is 0 Å². The van der Waals surface area contributed by atoms with Crippen LogP contribution >= 0.6 is 0 Å². The molecule has 0 fully saturated rings. The van der Waals surface area contributed by atoms with Crippen LogP contribution in [-0.2, 0) is 0 Å². The Hall–Kier alpha value is -3.15. The van der Waals surface area contributed by atoms with Gasteiger partial charge < -0.3 is 15.7 Å². The molecule has 1 heterocycles. The number of para-hydroxylation sites is 1. The van der Waals surface area contributed by atoms with E-state index in [1.807, 2.05) is 31.2 Å². The number of carboxylic acids is 1. The van der Waals surface area contributed by atoms with Gasteiger partial charge in [0.1, 0.15) is 5.82 Å². The van der Waals surface area contributed by atoms with Crippen molar-refractivity contribution in [2.75, 3.05) is 17.2 Å². The van der Waals surface area contributed by atoms with Gasteiger partial charge >= 0.3 is 5.97 Å². The zero-order valence-corrected chi connectivity index (χ0v) is 12.6. The molecule has 0 spiro atoms. The molecular formula is C17H16N4O2. The number of nitrogens with zero attached hydrogens (tertiary/aromatic N) is 2. The average Bonchev–Trinajstić information content (AvgIpc) is 2.55. The predicted octanol–water partition coefficient (Wildman–Crippen LogP) is 3.50. The van der Waals surface area contributed by atoms with E-state index in [4.69, 9.17) is 5.11 Å². The maximum atomic E-state index is 10.9. The zero-order valence-electron chi connectivity index (χ0n) is 12.6. The normalized spacial score (nSPS) is 10.5. The number of nitrogens with one attached hydrogen (secondary N) is 2. The van der Waals surface area contributed by atoms with Crippen molar-refractivity contribution in [2.24, 2.45) is 0 Å². The molecule has 1 aromatic heterocycles. The molecule has 0 atom stereocenters. The Kier molecular flexibility index (Phi) is 4.05. The number of aromatic carboxylic acids is 1. The fourth-order valence-corrected chi connectivity index (χ4v) is 2.26. The lowest BCUT2D eigenvalue weighted by molar-refractivity contribution is 0.0697. The number of hydrogen-bond acceptors (Lipinski definition) is 5. The summed E-state index contributed by atoms with van der Waals surface area (Å²) < 4.78 is 0. The lowest BCUT2D eigenvalue weighted by Gasteiger charge is -2.11. The van der Waals surface area contributed by atoms with E-state index in [0.717, 1.165) is 29.0 Å². The first kappa shape index (κ1) is 14.8. The molecule has 0 aliphatic carbocycles. The predicted molar refractivity (Wildman–Crippen MR) is 90.4 cm³/mol. The second kappa shape index (κ2) is 6.31. The lowest BCUT2D eigenvalue weighted by Crippen LogP contribution is -2.05. The van der Waals surface area contributed by atoms with Crippen LogP contribution in [0.3, 0.4) is 0 Å². The first-order valence-electron chi connectivity index (χ1n) is 7.28. The molecule has 23 heavy (non-hydrogen) atoms. The molecule has 3 N–H and O–H groups in total. The number of benzene rings is 2. The summed E-state index contributed by atoms with van der Waals surface area (Å²) in [5.41, 5.74) is 1.80. The second-order valence-corrected chi connectivity index (χ2v) is 4.95. The third-order valence-corrected chi connectivity index (χ3v) is 3.34. The van der Waals surface area contributed by atoms with Crippen molar-refractivity contribution in [1.82, 2.24) is 9.97 Å². The molecule has 0 saturated heterocycles. The van der Waals surface area contributed by atoms with Crippen LogP contribution in [0.25, 0.3) is 10.9 Å². The van der Waals surface area contributed by atoms with Gasteiger partial charge in [0.15, 0.2) is 0 Å². The largest absolute Gasteiger partial charge is 0.478 e. The molecule has 3 aromatic rings. The Labute approximate surface area is 133 Å². The summed E-state index contributed by atoms with van der Waals surface area (Å²) in [6, 6.07) is 14.2. The molecule has 0 aliphatic heterocycles. The molecule has 6 nitrogen and oxygen atoms in total. The Morgan fingerprint density at radius 2 is 1.83 bits per heavy atom. The molecule has 0 amide bonds. The smallest absolute Gasteiger partial charge is 0.335 e. The Morgan fingerprint density at radius 3 is 2.52 bits per heavy atom. The van der Waals surface area contributed by atoms with E-state index >= 15 is 0 Å². The Morgan fingerprint density at radius 1 is 1.09 bits per heavy atom. The van der Waals surface area contributed by atoms with E-state index in [2.05, 4.69) is 20.6 Å². The molecule has 0 saturated carbocycles. The molecule has 0 radical (unpaired) electrons. The van der Waals surface area contributed by atoms with Crippen molar-refractivity contribution in [1.29, 1.82) is 0 Å². The maximum Gasteiger partial charge on any atom is 0.335 e. The summed E-state index contributed by atoms with van der Waals surface area (Å²) >= 11 is 0. The molecule has 2 aromatic carbocycles. The first-order chi connectivity index (χ1) is 11.2. The molecule has 0 aliphatic rings. The minimum absolute atomic E-state index is 0.239. The standard InChI is InChI=1S/C17H16N4O2/c1-2-18-15-13-5-3-4-6-14(13)20-17(21-15)19-12-9-7-11(8-10-12)16(22)23/h3-10H,2H2,1H3,(H,22,23)(H2,18,19,20,21). The second-order valence-electron chi connectivity index (χ2n) is 4.95. The number of anilines is 3. The van der Waals surface area contributed by atoms with Crippen LogP contribution in [0.5, 0.6) is 0 Å². The van der Waals surface area contributed by atoms with Crippen LogP contribution in [0.1, 0.15) is 17.3 Å². The molecule has 6 heteroatoms. The van der Waals surface area contributed by atoms with E-state index in [1.165, 1.54) is 12.1 Å². The van der Waals surface area contributed by atoms with Crippen molar-refractivity contribution in [3.8, 4) is 0 Å². The summed E-state index contributed by atoms with van der Waals surface area (Å²) in [5.74, 6) is 0.276. The van der Waals surface area contributed by atoms with Gasteiger partial charge in [-0.25, -0.2) is 9.78 Å². The van der Waals surface area contributed by atoms with Gasteiger partial charge in [0.05, 0.1) is 11.1 Å². The minimum Gasteiger partial charge on any atom is -0.478 e. The summed E-state index contributed by atoms with van der Waals surface area (Å²) in [6.07, 6.45) is 0. The average molecular weight is 308 g/mol. The van der Waals surface area contributed by atoms with Crippen molar-refractivity contribution < 1.29 is 9.90 Å². The van der Waals surface area contributed by atoms with E-state index in [1.54, 1.807) is 12.1 Å². The summed E-state index contributed by atoms with van der Waals surface area (Å²) in [4.78, 5) is 19.9. The highest BCUT2D eigenvalue weighted by atomic mass is 16.4. The van der Waals surface area contributed by atoms with Gasteiger partial charge in [-0.2, -0.15) is 4.98 Å². The van der Waals surface area contributed by atoms with Gasteiger partial charge in [0.2, 0.25) is 5.95 Å². The number of rotatable bonds is 5. The van der Waals surface area contributed by atoms with E-state index in [9.17, 15) is 4.79 Å². The first-order valence-corrected chi connectivity index (χ1v) is 7.28. The van der Waals surface area contributed by atoms with E-state index in [-0.39, 0.29) is 5.56 Å². The third kappa shape index (κ3) is 3.21. The van der Waals surface area contributed by atoms with Gasteiger partial charge in [0.25, 0.3) is 0 Å². The summed E-state index contributed by atoms with van der Waals surface area (Å²) in [6.45, 7) is 2.77. The van der Waals surface area contributed by atoms with Crippen LogP contribution in [0.15, 0.2) is 48.5 Å². The molecule has 0 bridgehead atoms. The summed E-state index contributed by atoms with van der Waals surface area (Å²) in [7, 11) is 0. The molecular weight excluding hydrogens is 292 g/mol. The lowest BCUT2D eigenvalue weighted by atomic mass is 10.2. The van der Waals surface area contributed by atoms with Crippen molar-refractivity contribution >= 4 is 34.3 Å². The molecule has 3 rings (SSSR count). The third-order valence-electron chi connectivity index (χ3n) is 3.34. The zero-order chi connectivity index (χ0) is 16.2. The van der Waals surface area contributed by atoms with Crippen LogP contribution in [0.2, 0.25) is 0 Å². The molecule has 116 valence electrons. The molecule has 0 unspecified atom stereocenters. The number of hydrogen-bond donors (Lipinski definition) is 3. The maximum absolute atomic E-state index is 10.9. The minimum atomic E-state index is -0.951. The van der Waals surface area contributed by atoms with Crippen LogP contribution in [0.4, 0.5) is 17.5 Å². The highest BCUT2D eigenvalue weighted by Gasteiger charge is 2.08. The van der Waals surface area contributed by atoms with Gasteiger partial charge in [0, 0.05) is 17.6 Å². The van der Waals surface area contributed by atoms with Gasteiger partial charge in [-0.1, -0.05) is 12.1 Å².